The average Bonchev–Trinajstić information content (AvgIpc) is 3.56. The van der Waals surface area contributed by atoms with E-state index in [1.54, 1.807) is 0 Å². The van der Waals surface area contributed by atoms with Crippen LogP contribution in [-0.2, 0) is 10.2 Å². The van der Waals surface area contributed by atoms with Gasteiger partial charge in [0.05, 0.1) is 5.41 Å². The molecule has 1 aromatic heterocycles. The average molecular weight is 562 g/mol. The standard InChI is InChI=1S/C36H40N4O2/c1-36(2)31-26-29(39-28-14-8-4-9-15-28)17-20-32(31)40(25-11-5-10-16-35(41)38-24-23-37)34(36)22-19-30-18-21-33(42-30)27-12-6-3-7-13-27/h3-4,6-9,12-15,17-22,26,39H,5,10-11,16,23-25,37H2,1-2H3/p+1/b22-19+. The number of fused-ring (bicyclic) bond motifs is 1. The summed E-state index contributed by atoms with van der Waals surface area (Å²) >= 11 is 0. The number of nitrogens with two attached hydrogens (primary N) is 1. The molecule has 0 saturated carbocycles. The van der Waals surface area contributed by atoms with E-state index in [9.17, 15) is 4.79 Å². The highest BCUT2D eigenvalue weighted by Crippen LogP contribution is 2.42. The van der Waals surface area contributed by atoms with Gasteiger partial charge in [-0.3, -0.25) is 4.79 Å². The monoisotopic (exact) mass is 561 g/mol. The van der Waals surface area contributed by atoms with E-state index >= 15 is 0 Å². The van der Waals surface area contributed by atoms with Crippen LogP contribution in [0.15, 0.2) is 101 Å². The number of benzene rings is 3. The van der Waals surface area contributed by atoms with Gasteiger partial charge in [-0.05, 0) is 69.2 Å². The number of nitrogens with one attached hydrogen (secondary N) is 2. The number of allylic oxidation sites excluding steroid dienone is 1. The van der Waals surface area contributed by atoms with Crippen LogP contribution in [0.3, 0.4) is 0 Å². The number of carbonyl (C=O) groups is 1. The molecule has 216 valence electrons. The van der Waals surface area contributed by atoms with E-state index in [2.05, 4.69) is 83.7 Å². The van der Waals surface area contributed by atoms with Gasteiger partial charge in [-0.2, -0.15) is 4.58 Å². The topological polar surface area (TPSA) is 83.3 Å². The SMILES string of the molecule is CC1(C)C(/C=C/c2ccc(-c3ccccc3)o2)=[N+](CCCCCC(=O)NCCN)c2ccc(Nc3ccccc3)cc21. The molecule has 6 heteroatoms. The molecule has 3 aromatic carbocycles. The molecule has 0 spiro atoms. The number of para-hydroxylation sites is 1. The van der Waals surface area contributed by atoms with Crippen molar-refractivity contribution in [2.24, 2.45) is 5.73 Å². The van der Waals surface area contributed by atoms with Gasteiger partial charge in [0.1, 0.15) is 18.1 Å². The van der Waals surface area contributed by atoms with E-state index in [4.69, 9.17) is 10.2 Å². The summed E-state index contributed by atoms with van der Waals surface area (Å²) in [5.74, 6) is 1.76. The molecular weight excluding hydrogens is 520 g/mol. The Morgan fingerprint density at radius 1 is 0.881 bits per heavy atom. The molecular formula is C36H41N4O2+. The Balaban J connectivity index is 1.37. The fraction of sp³-hybridized carbons (Fsp3) is 0.278. The third kappa shape index (κ3) is 6.89. The first-order valence-corrected chi connectivity index (χ1v) is 14.9. The van der Waals surface area contributed by atoms with Crippen molar-refractivity contribution in [3.05, 3.63) is 108 Å². The zero-order valence-corrected chi connectivity index (χ0v) is 24.6. The van der Waals surface area contributed by atoms with Gasteiger partial charge >= 0.3 is 0 Å². The van der Waals surface area contributed by atoms with Crippen LogP contribution in [0.5, 0.6) is 0 Å². The fourth-order valence-electron chi connectivity index (χ4n) is 5.58. The van der Waals surface area contributed by atoms with Crippen LogP contribution in [-0.4, -0.2) is 35.8 Å². The summed E-state index contributed by atoms with van der Waals surface area (Å²) in [6.07, 6.45) is 7.65. The summed E-state index contributed by atoms with van der Waals surface area (Å²) in [7, 11) is 0. The molecule has 4 N–H and O–H groups in total. The summed E-state index contributed by atoms with van der Waals surface area (Å²) in [6.45, 7) is 6.45. The largest absolute Gasteiger partial charge is 0.457 e. The van der Waals surface area contributed by atoms with E-state index in [1.807, 2.05) is 48.5 Å². The summed E-state index contributed by atoms with van der Waals surface area (Å²) in [5, 5.41) is 6.42. The van der Waals surface area contributed by atoms with E-state index in [0.29, 0.717) is 19.5 Å². The Morgan fingerprint density at radius 3 is 2.40 bits per heavy atom. The highest BCUT2D eigenvalue weighted by atomic mass is 16.3. The van der Waals surface area contributed by atoms with Gasteiger partial charge in [0.25, 0.3) is 0 Å². The minimum Gasteiger partial charge on any atom is -0.457 e. The third-order valence-electron chi connectivity index (χ3n) is 7.80. The number of hydrogen-bond donors (Lipinski definition) is 3. The molecule has 0 radical (unpaired) electrons. The Bertz CT molecular complexity index is 1550. The fourth-order valence-corrected chi connectivity index (χ4v) is 5.58. The molecule has 6 nitrogen and oxygen atoms in total. The molecule has 0 saturated heterocycles. The van der Waals surface area contributed by atoms with Crippen molar-refractivity contribution in [1.29, 1.82) is 0 Å². The van der Waals surface area contributed by atoms with Crippen molar-refractivity contribution < 1.29 is 13.8 Å². The molecule has 1 aliphatic rings. The molecule has 0 bridgehead atoms. The minimum absolute atomic E-state index is 0.0788. The summed E-state index contributed by atoms with van der Waals surface area (Å²) in [6, 6.07) is 31.1. The van der Waals surface area contributed by atoms with Crippen molar-refractivity contribution in [3.8, 4) is 11.3 Å². The van der Waals surface area contributed by atoms with E-state index in [-0.39, 0.29) is 11.3 Å². The lowest BCUT2D eigenvalue weighted by Crippen LogP contribution is -2.28. The number of nitrogens with zero attached hydrogens (tertiary/aromatic N) is 1. The third-order valence-corrected chi connectivity index (χ3v) is 7.80. The van der Waals surface area contributed by atoms with Crippen molar-refractivity contribution in [1.82, 2.24) is 5.32 Å². The van der Waals surface area contributed by atoms with E-state index < -0.39 is 0 Å². The first kappa shape index (κ1) is 29.1. The van der Waals surface area contributed by atoms with Crippen LogP contribution in [0.1, 0.15) is 50.9 Å². The number of rotatable bonds is 13. The highest BCUT2D eigenvalue weighted by Gasteiger charge is 2.44. The molecule has 0 unspecified atom stereocenters. The summed E-state index contributed by atoms with van der Waals surface area (Å²) in [4.78, 5) is 12.0. The number of amides is 1. The number of carbonyl (C=O) groups excluding carboxylic acids is 1. The molecule has 4 aromatic rings. The highest BCUT2D eigenvalue weighted by molar-refractivity contribution is 6.05. The van der Waals surface area contributed by atoms with Crippen LogP contribution < -0.4 is 16.4 Å². The van der Waals surface area contributed by atoms with Crippen LogP contribution in [0.25, 0.3) is 17.4 Å². The second-order valence-electron chi connectivity index (χ2n) is 11.2. The first-order valence-electron chi connectivity index (χ1n) is 14.9. The van der Waals surface area contributed by atoms with Gasteiger partial charge in [0, 0.05) is 60.6 Å². The van der Waals surface area contributed by atoms with Crippen molar-refractivity contribution in [2.75, 3.05) is 25.0 Å². The first-order chi connectivity index (χ1) is 20.5. The van der Waals surface area contributed by atoms with Gasteiger partial charge < -0.3 is 20.8 Å². The molecule has 1 amide bonds. The Hall–Kier alpha value is -4.42. The second kappa shape index (κ2) is 13.5. The van der Waals surface area contributed by atoms with Crippen molar-refractivity contribution in [2.45, 2.75) is 44.9 Å². The van der Waals surface area contributed by atoms with Crippen LogP contribution in [0.4, 0.5) is 17.1 Å². The minimum atomic E-state index is -0.211. The van der Waals surface area contributed by atoms with Gasteiger partial charge in [-0.1, -0.05) is 48.5 Å². The van der Waals surface area contributed by atoms with E-state index in [0.717, 1.165) is 54.3 Å². The number of unbranched alkanes of at least 4 members (excludes halogenated alkanes) is 2. The molecule has 0 atom stereocenters. The Labute approximate surface area is 249 Å². The van der Waals surface area contributed by atoms with Gasteiger partial charge in [0.2, 0.25) is 11.6 Å². The molecule has 5 rings (SSSR count). The number of hydrogen-bond acceptors (Lipinski definition) is 4. The molecule has 42 heavy (non-hydrogen) atoms. The maximum Gasteiger partial charge on any atom is 0.220 e. The zero-order valence-electron chi connectivity index (χ0n) is 24.6. The van der Waals surface area contributed by atoms with Gasteiger partial charge in [0.15, 0.2) is 5.71 Å². The summed E-state index contributed by atoms with van der Waals surface area (Å²) < 4.78 is 8.62. The normalized spacial score (nSPS) is 13.9. The summed E-state index contributed by atoms with van der Waals surface area (Å²) in [5.41, 5.74) is 12.2. The second-order valence-corrected chi connectivity index (χ2v) is 11.2. The predicted octanol–water partition coefficient (Wildman–Crippen LogP) is 7.42. The lowest BCUT2D eigenvalue weighted by molar-refractivity contribution is -0.438. The van der Waals surface area contributed by atoms with Crippen molar-refractivity contribution >= 4 is 34.8 Å². The molecule has 0 fully saturated rings. The zero-order chi connectivity index (χ0) is 29.4. The van der Waals surface area contributed by atoms with Crippen LogP contribution >= 0.6 is 0 Å². The molecule has 2 heterocycles. The van der Waals surface area contributed by atoms with Crippen LogP contribution in [0.2, 0.25) is 0 Å². The molecule has 0 aliphatic carbocycles. The number of furan rings is 1. The molecule has 1 aliphatic heterocycles. The maximum absolute atomic E-state index is 12.0. The quantitative estimate of drug-likeness (QED) is 0.117. The van der Waals surface area contributed by atoms with Gasteiger partial charge in [-0.25, -0.2) is 0 Å². The predicted molar refractivity (Wildman–Crippen MR) is 173 cm³/mol. The lowest BCUT2D eigenvalue weighted by atomic mass is 9.81. The van der Waals surface area contributed by atoms with E-state index in [1.165, 1.54) is 17.0 Å². The lowest BCUT2D eigenvalue weighted by Gasteiger charge is -2.16. The number of anilines is 2. The van der Waals surface area contributed by atoms with Crippen LogP contribution in [0, 0.1) is 0 Å². The van der Waals surface area contributed by atoms with Gasteiger partial charge in [-0.15, -0.1) is 0 Å². The Kier molecular flexibility index (Phi) is 9.35. The smallest absolute Gasteiger partial charge is 0.220 e. The van der Waals surface area contributed by atoms with Crippen molar-refractivity contribution in [3.63, 3.8) is 0 Å². The maximum atomic E-state index is 12.0. The Morgan fingerprint density at radius 2 is 1.64 bits per heavy atom.